The first-order chi connectivity index (χ1) is 8.31. The van der Waals surface area contributed by atoms with Crippen LogP contribution in [0, 0.1) is 0 Å². The highest BCUT2D eigenvalue weighted by molar-refractivity contribution is 5.66. The summed E-state index contributed by atoms with van der Waals surface area (Å²) in [6.07, 6.45) is 8.85. The lowest BCUT2D eigenvalue weighted by atomic mass is 10.1. The number of rotatable bonds is 11. The molecule has 4 nitrogen and oxygen atoms in total. The predicted molar refractivity (Wildman–Crippen MR) is 71.0 cm³/mol. The molecule has 0 fully saturated rings. The van der Waals surface area contributed by atoms with Gasteiger partial charge in [-0.2, -0.15) is 0 Å². The quantitative estimate of drug-likeness (QED) is 0.549. The van der Waals surface area contributed by atoms with E-state index < -0.39 is 0 Å². The Bertz CT molecular complexity index is 175. The molecule has 0 atom stereocenters. The zero-order valence-electron chi connectivity index (χ0n) is 11.2. The summed E-state index contributed by atoms with van der Waals surface area (Å²) in [6.45, 7) is 4.06. The van der Waals surface area contributed by atoms with E-state index in [0.29, 0.717) is 13.2 Å². The third-order valence-electron chi connectivity index (χ3n) is 2.63. The summed E-state index contributed by atoms with van der Waals surface area (Å²) in [5.41, 5.74) is 5.34. The van der Waals surface area contributed by atoms with Crippen LogP contribution in [0.4, 0.5) is 4.79 Å². The van der Waals surface area contributed by atoms with Crippen molar-refractivity contribution in [1.82, 2.24) is 5.32 Å². The van der Waals surface area contributed by atoms with E-state index >= 15 is 0 Å². The van der Waals surface area contributed by atoms with E-state index in [9.17, 15) is 4.79 Å². The molecule has 0 saturated heterocycles. The topological polar surface area (TPSA) is 64.3 Å². The molecule has 0 unspecified atom stereocenters. The predicted octanol–water partition coefficient (Wildman–Crippen LogP) is 2.81. The number of ether oxygens (including phenoxy) is 1. The monoisotopic (exact) mass is 244 g/mol. The Labute approximate surface area is 105 Å². The second kappa shape index (κ2) is 13.3. The fourth-order valence-electron chi connectivity index (χ4n) is 1.56. The second-order valence-corrected chi connectivity index (χ2v) is 4.33. The highest BCUT2D eigenvalue weighted by atomic mass is 16.5. The Morgan fingerprint density at radius 3 is 2.47 bits per heavy atom. The van der Waals surface area contributed by atoms with Crippen molar-refractivity contribution < 1.29 is 9.53 Å². The van der Waals surface area contributed by atoms with Gasteiger partial charge in [0.05, 0.1) is 6.61 Å². The first-order valence-electron chi connectivity index (χ1n) is 6.92. The number of hydrogen-bond acceptors (Lipinski definition) is 3. The normalized spacial score (nSPS) is 10.2. The fraction of sp³-hybridized carbons (Fsp3) is 0.923. The van der Waals surface area contributed by atoms with E-state index in [0.717, 1.165) is 25.8 Å². The van der Waals surface area contributed by atoms with Gasteiger partial charge in [-0.05, 0) is 25.8 Å². The maximum absolute atomic E-state index is 11.2. The lowest BCUT2D eigenvalue weighted by Gasteiger charge is -2.06. The molecule has 3 N–H and O–H groups in total. The van der Waals surface area contributed by atoms with Crippen molar-refractivity contribution in [1.29, 1.82) is 0 Å². The highest BCUT2D eigenvalue weighted by Gasteiger charge is 1.99. The minimum absolute atomic E-state index is 0.296. The molecule has 102 valence electrons. The largest absolute Gasteiger partial charge is 0.450 e. The summed E-state index contributed by atoms with van der Waals surface area (Å²) >= 11 is 0. The molecule has 0 bridgehead atoms. The lowest BCUT2D eigenvalue weighted by molar-refractivity contribution is 0.144. The minimum Gasteiger partial charge on any atom is -0.450 e. The summed E-state index contributed by atoms with van der Waals surface area (Å²) in [4.78, 5) is 11.2. The molecule has 1 amide bonds. The molecule has 4 heteroatoms. The standard InChI is InChI=1S/C13H28N2O2/c1-2-3-4-5-6-8-11-15-13(16)17-12-9-7-10-14/h2-12,14H2,1H3,(H,15,16). The SMILES string of the molecule is CCCCCCCCNC(=O)OCCCCN. The summed E-state index contributed by atoms with van der Waals surface area (Å²) in [5.74, 6) is 0. The van der Waals surface area contributed by atoms with Gasteiger partial charge in [-0.3, -0.25) is 0 Å². The van der Waals surface area contributed by atoms with E-state index in [1.54, 1.807) is 0 Å². The van der Waals surface area contributed by atoms with Gasteiger partial charge in [-0.1, -0.05) is 39.0 Å². The van der Waals surface area contributed by atoms with E-state index in [1.165, 1.54) is 32.1 Å². The highest BCUT2D eigenvalue weighted by Crippen LogP contribution is 2.04. The first kappa shape index (κ1) is 16.2. The summed E-state index contributed by atoms with van der Waals surface area (Å²) in [7, 11) is 0. The average molecular weight is 244 g/mol. The molecule has 0 aromatic rings. The molecule has 0 rings (SSSR count). The zero-order chi connectivity index (χ0) is 12.8. The maximum atomic E-state index is 11.2. The van der Waals surface area contributed by atoms with Crippen LogP contribution in [0.1, 0.15) is 58.3 Å². The van der Waals surface area contributed by atoms with Crippen molar-refractivity contribution in [2.45, 2.75) is 58.3 Å². The molecule has 0 spiro atoms. The van der Waals surface area contributed by atoms with Gasteiger partial charge >= 0.3 is 6.09 Å². The molecule has 0 radical (unpaired) electrons. The van der Waals surface area contributed by atoms with E-state index in [1.807, 2.05) is 0 Å². The Morgan fingerprint density at radius 2 is 1.76 bits per heavy atom. The van der Waals surface area contributed by atoms with Crippen LogP contribution >= 0.6 is 0 Å². The maximum Gasteiger partial charge on any atom is 0.407 e. The number of nitrogens with two attached hydrogens (primary N) is 1. The Hall–Kier alpha value is -0.770. The Kier molecular flexibility index (Phi) is 12.7. The van der Waals surface area contributed by atoms with Crippen LogP contribution in [0.25, 0.3) is 0 Å². The summed E-state index contributed by atoms with van der Waals surface area (Å²) in [5, 5.41) is 2.76. The fourth-order valence-corrected chi connectivity index (χ4v) is 1.56. The minimum atomic E-state index is -0.296. The van der Waals surface area contributed by atoms with E-state index in [2.05, 4.69) is 12.2 Å². The number of carbonyl (C=O) groups is 1. The van der Waals surface area contributed by atoms with E-state index in [-0.39, 0.29) is 6.09 Å². The van der Waals surface area contributed by atoms with Gasteiger partial charge in [-0.15, -0.1) is 0 Å². The van der Waals surface area contributed by atoms with Crippen molar-refractivity contribution in [3.8, 4) is 0 Å². The van der Waals surface area contributed by atoms with Gasteiger partial charge in [-0.25, -0.2) is 4.79 Å². The van der Waals surface area contributed by atoms with Crippen molar-refractivity contribution in [3.63, 3.8) is 0 Å². The second-order valence-electron chi connectivity index (χ2n) is 4.33. The molecule has 0 aromatic heterocycles. The Balaban J connectivity index is 3.11. The van der Waals surface area contributed by atoms with E-state index in [4.69, 9.17) is 10.5 Å². The molecular weight excluding hydrogens is 216 g/mol. The van der Waals surface area contributed by atoms with Gasteiger partial charge in [0.15, 0.2) is 0 Å². The van der Waals surface area contributed by atoms with Crippen LogP contribution in [0.2, 0.25) is 0 Å². The molecule has 0 aromatic carbocycles. The van der Waals surface area contributed by atoms with Crippen molar-refractivity contribution >= 4 is 6.09 Å². The third-order valence-corrected chi connectivity index (χ3v) is 2.63. The van der Waals surface area contributed by atoms with Crippen LogP contribution in [0.15, 0.2) is 0 Å². The number of alkyl carbamates (subject to hydrolysis) is 1. The van der Waals surface area contributed by atoms with Crippen LogP contribution in [-0.4, -0.2) is 25.8 Å². The van der Waals surface area contributed by atoms with Gasteiger partial charge in [0.25, 0.3) is 0 Å². The van der Waals surface area contributed by atoms with Gasteiger partial charge < -0.3 is 15.8 Å². The number of nitrogens with one attached hydrogen (secondary N) is 1. The van der Waals surface area contributed by atoms with Crippen molar-refractivity contribution in [2.75, 3.05) is 19.7 Å². The zero-order valence-corrected chi connectivity index (χ0v) is 11.2. The smallest absolute Gasteiger partial charge is 0.407 e. The van der Waals surface area contributed by atoms with Crippen LogP contribution < -0.4 is 11.1 Å². The number of carbonyl (C=O) groups excluding carboxylic acids is 1. The number of hydrogen-bond donors (Lipinski definition) is 2. The first-order valence-corrected chi connectivity index (χ1v) is 6.92. The molecule has 0 aliphatic carbocycles. The molecule has 17 heavy (non-hydrogen) atoms. The van der Waals surface area contributed by atoms with Crippen LogP contribution in [0.5, 0.6) is 0 Å². The van der Waals surface area contributed by atoms with Gasteiger partial charge in [0.1, 0.15) is 0 Å². The van der Waals surface area contributed by atoms with Crippen molar-refractivity contribution in [3.05, 3.63) is 0 Å². The number of amides is 1. The van der Waals surface area contributed by atoms with Gasteiger partial charge in [0.2, 0.25) is 0 Å². The van der Waals surface area contributed by atoms with Crippen LogP contribution in [0.3, 0.4) is 0 Å². The lowest BCUT2D eigenvalue weighted by Crippen LogP contribution is -2.25. The molecule has 0 aliphatic heterocycles. The third kappa shape index (κ3) is 13.2. The molecule has 0 aliphatic rings. The number of unbranched alkanes of at least 4 members (excludes halogenated alkanes) is 6. The summed E-state index contributed by atoms with van der Waals surface area (Å²) < 4.78 is 4.98. The molecule has 0 saturated carbocycles. The Morgan fingerprint density at radius 1 is 1.06 bits per heavy atom. The summed E-state index contributed by atoms with van der Waals surface area (Å²) in [6, 6.07) is 0. The average Bonchev–Trinajstić information content (AvgIpc) is 2.33. The van der Waals surface area contributed by atoms with Crippen molar-refractivity contribution in [2.24, 2.45) is 5.73 Å². The molecular formula is C13H28N2O2. The van der Waals surface area contributed by atoms with Gasteiger partial charge in [0, 0.05) is 6.54 Å². The van der Waals surface area contributed by atoms with Crippen LogP contribution in [-0.2, 0) is 4.74 Å². The molecule has 0 heterocycles.